The molecule has 0 aromatic carbocycles. The van der Waals surface area contributed by atoms with E-state index in [-0.39, 0.29) is 24.1 Å². The second-order valence-corrected chi connectivity index (χ2v) is 7.61. The first-order valence-electron chi connectivity index (χ1n) is 8.59. The third-order valence-corrected chi connectivity index (χ3v) is 5.04. The van der Waals surface area contributed by atoms with E-state index in [0.717, 1.165) is 11.3 Å². The van der Waals surface area contributed by atoms with Gasteiger partial charge in [-0.15, -0.1) is 11.3 Å². The van der Waals surface area contributed by atoms with Crippen LogP contribution in [0.3, 0.4) is 0 Å². The minimum absolute atomic E-state index is 0.201. The SMILES string of the molecule is CCC(C)OC(=O)c1sc2ncn(CC(=O)OCC(C)C)c(=O)c2c1C. The molecule has 0 amide bonds. The lowest BCUT2D eigenvalue weighted by Gasteiger charge is -2.09. The van der Waals surface area contributed by atoms with Gasteiger partial charge >= 0.3 is 11.9 Å². The van der Waals surface area contributed by atoms with Crippen molar-refractivity contribution in [2.24, 2.45) is 5.92 Å². The Labute approximate surface area is 155 Å². The van der Waals surface area contributed by atoms with Crippen LogP contribution >= 0.6 is 11.3 Å². The molecule has 2 aromatic rings. The highest BCUT2D eigenvalue weighted by Crippen LogP contribution is 2.27. The van der Waals surface area contributed by atoms with Gasteiger partial charge in [-0.05, 0) is 31.7 Å². The highest BCUT2D eigenvalue weighted by Gasteiger charge is 2.22. The van der Waals surface area contributed by atoms with Crippen molar-refractivity contribution in [3.63, 3.8) is 0 Å². The van der Waals surface area contributed by atoms with Crippen LogP contribution in [-0.4, -0.2) is 34.2 Å². The number of aromatic nitrogens is 2. The summed E-state index contributed by atoms with van der Waals surface area (Å²) in [5.74, 6) is -0.733. The van der Waals surface area contributed by atoms with Crippen LogP contribution in [0.5, 0.6) is 0 Å². The molecule has 142 valence electrons. The molecule has 0 spiro atoms. The molecule has 0 bridgehead atoms. The first-order valence-corrected chi connectivity index (χ1v) is 9.41. The smallest absolute Gasteiger partial charge is 0.348 e. The van der Waals surface area contributed by atoms with Crippen LogP contribution in [0.1, 0.15) is 49.4 Å². The quantitative estimate of drug-likeness (QED) is 0.687. The minimum Gasteiger partial charge on any atom is -0.464 e. The van der Waals surface area contributed by atoms with E-state index < -0.39 is 11.9 Å². The van der Waals surface area contributed by atoms with Gasteiger partial charge in [-0.1, -0.05) is 20.8 Å². The van der Waals surface area contributed by atoms with E-state index in [1.165, 1.54) is 10.9 Å². The fourth-order valence-electron chi connectivity index (χ4n) is 2.23. The topological polar surface area (TPSA) is 87.5 Å². The molecule has 0 aliphatic heterocycles. The first kappa shape index (κ1) is 20.1. The highest BCUT2D eigenvalue weighted by atomic mass is 32.1. The lowest BCUT2D eigenvalue weighted by atomic mass is 10.2. The molecule has 2 aromatic heterocycles. The summed E-state index contributed by atoms with van der Waals surface area (Å²) >= 11 is 1.13. The van der Waals surface area contributed by atoms with Gasteiger partial charge < -0.3 is 9.47 Å². The van der Waals surface area contributed by atoms with Gasteiger partial charge in [0.25, 0.3) is 5.56 Å². The second-order valence-electron chi connectivity index (χ2n) is 6.61. The van der Waals surface area contributed by atoms with Crippen molar-refractivity contribution in [3.8, 4) is 0 Å². The predicted molar refractivity (Wildman–Crippen MR) is 99.6 cm³/mol. The van der Waals surface area contributed by atoms with Gasteiger partial charge in [0.1, 0.15) is 16.3 Å². The van der Waals surface area contributed by atoms with Gasteiger partial charge in [0.15, 0.2) is 0 Å². The van der Waals surface area contributed by atoms with E-state index in [9.17, 15) is 14.4 Å². The van der Waals surface area contributed by atoms with Crippen LogP contribution < -0.4 is 5.56 Å². The van der Waals surface area contributed by atoms with Crippen LogP contribution in [0.2, 0.25) is 0 Å². The third kappa shape index (κ3) is 4.49. The maximum atomic E-state index is 12.7. The standard InChI is InChI=1S/C18H24N2O5S/c1-6-11(4)25-18(23)15-12(5)14-16(26-15)19-9-20(17(14)22)7-13(21)24-8-10(2)3/h9-11H,6-8H2,1-5H3. The van der Waals surface area contributed by atoms with E-state index in [4.69, 9.17) is 9.47 Å². The molecular weight excluding hydrogens is 356 g/mol. The zero-order chi connectivity index (χ0) is 19.4. The highest BCUT2D eigenvalue weighted by molar-refractivity contribution is 7.20. The molecule has 0 fully saturated rings. The Kier molecular flexibility index (Phi) is 6.52. The van der Waals surface area contributed by atoms with E-state index in [1.54, 1.807) is 6.92 Å². The Morgan fingerprint density at radius 3 is 2.62 bits per heavy atom. The summed E-state index contributed by atoms with van der Waals surface area (Å²) in [7, 11) is 0. The van der Waals surface area contributed by atoms with Crippen molar-refractivity contribution < 1.29 is 19.1 Å². The summed E-state index contributed by atoms with van der Waals surface area (Å²) in [6, 6.07) is 0. The number of rotatable bonds is 7. The van der Waals surface area contributed by atoms with Gasteiger partial charge in [0.05, 0.1) is 24.4 Å². The Morgan fingerprint density at radius 1 is 1.31 bits per heavy atom. The van der Waals surface area contributed by atoms with Crippen LogP contribution in [0.15, 0.2) is 11.1 Å². The zero-order valence-corrected chi connectivity index (χ0v) is 16.5. The molecule has 8 heteroatoms. The molecule has 1 atom stereocenters. The Hall–Kier alpha value is -2.22. The van der Waals surface area contributed by atoms with Crippen LogP contribution in [0, 0.1) is 12.8 Å². The maximum absolute atomic E-state index is 12.7. The van der Waals surface area contributed by atoms with Crippen molar-refractivity contribution in [3.05, 3.63) is 27.1 Å². The lowest BCUT2D eigenvalue weighted by molar-refractivity contribution is -0.145. The number of fused-ring (bicyclic) bond motifs is 1. The second kappa shape index (κ2) is 8.44. The van der Waals surface area contributed by atoms with E-state index in [0.29, 0.717) is 33.7 Å². The Bertz CT molecular complexity index is 868. The monoisotopic (exact) mass is 380 g/mol. The predicted octanol–water partition coefficient (Wildman–Crippen LogP) is 2.92. The normalized spacial score (nSPS) is 12.4. The average molecular weight is 380 g/mol. The molecule has 2 rings (SSSR count). The molecule has 2 heterocycles. The molecule has 0 radical (unpaired) electrons. The molecule has 7 nitrogen and oxygen atoms in total. The number of carbonyl (C=O) groups excluding carboxylic acids is 2. The zero-order valence-electron chi connectivity index (χ0n) is 15.7. The van der Waals surface area contributed by atoms with E-state index >= 15 is 0 Å². The van der Waals surface area contributed by atoms with Gasteiger partial charge in [-0.2, -0.15) is 0 Å². The third-order valence-electron chi connectivity index (χ3n) is 3.86. The Balaban J connectivity index is 2.31. The molecule has 0 saturated carbocycles. The summed E-state index contributed by atoms with van der Waals surface area (Å²) in [5, 5.41) is 0.338. The van der Waals surface area contributed by atoms with Gasteiger partial charge in [0, 0.05) is 0 Å². The van der Waals surface area contributed by atoms with Crippen molar-refractivity contribution >= 4 is 33.5 Å². The summed E-state index contributed by atoms with van der Waals surface area (Å²) in [6.45, 7) is 9.38. The van der Waals surface area contributed by atoms with Crippen molar-refractivity contribution in [1.82, 2.24) is 9.55 Å². The molecule has 0 aliphatic carbocycles. The lowest BCUT2D eigenvalue weighted by Crippen LogP contribution is -2.26. The van der Waals surface area contributed by atoms with Crippen molar-refractivity contribution in [1.29, 1.82) is 0 Å². The number of carbonyl (C=O) groups is 2. The maximum Gasteiger partial charge on any atom is 0.348 e. The van der Waals surface area contributed by atoms with E-state index in [1.807, 2.05) is 27.7 Å². The summed E-state index contributed by atoms with van der Waals surface area (Å²) in [5.41, 5.74) is 0.161. The minimum atomic E-state index is -0.494. The largest absolute Gasteiger partial charge is 0.464 e. The number of aryl methyl sites for hydroxylation is 1. The first-order chi connectivity index (χ1) is 12.2. The van der Waals surface area contributed by atoms with Crippen LogP contribution in [0.4, 0.5) is 0 Å². The molecule has 0 N–H and O–H groups in total. The number of esters is 2. The average Bonchev–Trinajstić information content (AvgIpc) is 2.93. The number of hydrogen-bond donors (Lipinski definition) is 0. The fourth-order valence-corrected chi connectivity index (χ4v) is 3.25. The number of thiophene rings is 1. The van der Waals surface area contributed by atoms with Crippen LogP contribution in [-0.2, 0) is 20.8 Å². The van der Waals surface area contributed by atoms with Crippen LogP contribution in [0.25, 0.3) is 10.2 Å². The number of nitrogens with zero attached hydrogens (tertiary/aromatic N) is 2. The van der Waals surface area contributed by atoms with Gasteiger partial charge in [0.2, 0.25) is 0 Å². The van der Waals surface area contributed by atoms with Gasteiger partial charge in [-0.25, -0.2) is 9.78 Å². The number of ether oxygens (including phenoxy) is 2. The molecule has 1 unspecified atom stereocenters. The van der Waals surface area contributed by atoms with Crippen molar-refractivity contribution in [2.45, 2.75) is 53.7 Å². The molecule has 0 saturated heterocycles. The molecular formula is C18H24N2O5S. The van der Waals surface area contributed by atoms with E-state index in [2.05, 4.69) is 4.98 Å². The Morgan fingerprint density at radius 2 is 2.00 bits per heavy atom. The van der Waals surface area contributed by atoms with Crippen molar-refractivity contribution in [2.75, 3.05) is 6.61 Å². The molecule has 26 heavy (non-hydrogen) atoms. The number of hydrogen-bond acceptors (Lipinski definition) is 7. The fraction of sp³-hybridized carbons (Fsp3) is 0.556. The summed E-state index contributed by atoms with van der Waals surface area (Å²) in [6.07, 6.45) is 1.81. The van der Waals surface area contributed by atoms with Gasteiger partial charge in [-0.3, -0.25) is 14.2 Å². The summed E-state index contributed by atoms with van der Waals surface area (Å²) in [4.78, 5) is 41.9. The molecule has 0 aliphatic rings. The summed E-state index contributed by atoms with van der Waals surface area (Å²) < 4.78 is 11.7.